The Labute approximate surface area is 129 Å². The number of hydrogen-bond donors (Lipinski definition) is 1. The Balaban J connectivity index is 2.47. The number of esters is 1. The van der Waals surface area contributed by atoms with Crippen LogP contribution in [0.1, 0.15) is 10.4 Å². The lowest BCUT2D eigenvalue weighted by atomic mass is 10.1. The number of halogens is 2. The van der Waals surface area contributed by atoms with E-state index in [2.05, 4.69) is 15.9 Å². The van der Waals surface area contributed by atoms with Crippen LogP contribution in [0.4, 0.5) is 5.69 Å². The monoisotopic (exact) mass is 355 g/mol. The normalized spacial score (nSPS) is 10.2. The predicted octanol–water partition coefficient (Wildman–Crippen LogP) is 4.26. The molecule has 0 saturated heterocycles. The maximum Gasteiger partial charge on any atom is 0.341 e. The van der Waals surface area contributed by atoms with E-state index >= 15 is 0 Å². The van der Waals surface area contributed by atoms with E-state index in [1.165, 1.54) is 19.2 Å². The summed E-state index contributed by atoms with van der Waals surface area (Å²) in [7, 11) is 1.28. The highest BCUT2D eigenvalue weighted by molar-refractivity contribution is 9.10. The number of ether oxygens (including phenoxy) is 2. The highest BCUT2D eigenvalue weighted by Crippen LogP contribution is 2.36. The SMILES string of the molecule is COC(=O)c1cc(N)cc(Cl)c1Oc1cccc(Br)c1. The van der Waals surface area contributed by atoms with Gasteiger partial charge in [0.15, 0.2) is 5.75 Å². The van der Waals surface area contributed by atoms with Crippen LogP contribution in [0.5, 0.6) is 11.5 Å². The van der Waals surface area contributed by atoms with Gasteiger partial charge in [0.2, 0.25) is 0 Å². The molecule has 0 fully saturated rings. The van der Waals surface area contributed by atoms with E-state index in [0.717, 1.165) is 4.47 Å². The summed E-state index contributed by atoms with van der Waals surface area (Å²) >= 11 is 9.44. The second kappa shape index (κ2) is 6.15. The van der Waals surface area contributed by atoms with E-state index in [4.69, 9.17) is 26.8 Å². The second-order valence-electron chi connectivity index (χ2n) is 3.93. The number of carbonyl (C=O) groups is 1. The van der Waals surface area contributed by atoms with Crippen molar-refractivity contribution in [2.75, 3.05) is 12.8 Å². The second-order valence-corrected chi connectivity index (χ2v) is 5.25. The molecular weight excluding hydrogens is 346 g/mol. The molecule has 0 bridgehead atoms. The number of methoxy groups -OCH3 is 1. The Morgan fingerprint density at radius 1 is 1.30 bits per heavy atom. The third-order valence-corrected chi connectivity index (χ3v) is 3.26. The summed E-state index contributed by atoms with van der Waals surface area (Å²) in [6.07, 6.45) is 0. The average molecular weight is 357 g/mol. The summed E-state index contributed by atoms with van der Waals surface area (Å²) in [5.41, 5.74) is 6.22. The van der Waals surface area contributed by atoms with Crippen LogP contribution in [0.25, 0.3) is 0 Å². The number of anilines is 1. The lowest BCUT2D eigenvalue weighted by molar-refractivity contribution is 0.0598. The summed E-state index contributed by atoms with van der Waals surface area (Å²) in [6.45, 7) is 0. The minimum Gasteiger partial charge on any atom is -0.465 e. The van der Waals surface area contributed by atoms with Gasteiger partial charge in [-0.2, -0.15) is 0 Å². The Morgan fingerprint density at radius 2 is 2.05 bits per heavy atom. The van der Waals surface area contributed by atoms with Crippen LogP contribution >= 0.6 is 27.5 Å². The first-order valence-corrected chi connectivity index (χ1v) is 6.79. The van der Waals surface area contributed by atoms with E-state index in [1.807, 2.05) is 12.1 Å². The Kier molecular flexibility index (Phi) is 4.52. The summed E-state index contributed by atoms with van der Waals surface area (Å²) in [5, 5.41) is 0.241. The van der Waals surface area contributed by atoms with Gasteiger partial charge < -0.3 is 15.2 Å². The van der Waals surface area contributed by atoms with Crippen LogP contribution in [-0.4, -0.2) is 13.1 Å². The topological polar surface area (TPSA) is 61.5 Å². The maximum atomic E-state index is 11.8. The van der Waals surface area contributed by atoms with Crippen molar-refractivity contribution in [2.24, 2.45) is 0 Å². The van der Waals surface area contributed by atoms with Gasteiger partial charge >= 0.3 is 5.97 Å². The van der Waals surface area contributed by atoms with Gasteiger partial charge in [0, 0.05) is 10.2 Å². The van der Waals surface area contributed by atoms with Crippen LogP contribution in [-0.2, 0) is 4.74 Å². The molecule has 0 atom stereocenters. The van der Waals surface area contributed by atoms with Crippen molar-refractivity contribution in [1.29, 1.82) is 0 Å². The highest BCUT2D eigenvalue weighted by Gasteiger charge is 2.18. The van der Waals surface area contributed by atoms with Crippen LogP contribution in [0.15, 0.2) is 40.9 Å². The number of benzene rings is 2. The predicted molar refractivity (Wildman–Crippen MR) is 81.4 cm³/mol. The maximum absolute atomic E-state index is 11.8. The van der Waals surface area contributed by atoms with Gasteiger partial charge in [0.25, 0.3) is 0 Å². The molecule has 2 N–H and O–H groups in total. The van der Waals surface area contributed by atoms with Gasteiger partial charge in [-0.15, -0.1) is 0 Å². The molecular formula is C14H11BrClNO3. The lowest BCUT2D eigenvalue weighted by Crippen LogP contribution is -2.05. The molecule has 0 saturated carbocycles. The molecule has 104 valence electrons. The standard InChI is InChI=1S/C14H11BrClNO3/c1-19-14(18)11-6-9(17)7-12(16)13(11)20-10-4-2-3-8(15)5-10/h2-7H,17H2,1H3. The highest BCUT2D eigenvalue weighted by atomic mass is 79.9. The van der Waals surface area contributed by atoms with E-state index in [0.29, 0.717) is 11.4 Å². The third-order valence-electron chi connectivity index (χ3n) is 2.49. The fourth-order valence-electron chi connectivity index (χ4n) is 1.63. The number of hydrogen-bond acceptors (Lipinski definition) is 4. The lowest BCUT2D eigenvalue weighted by Gasteiger charge is -2.12. The van der Waals surface area contributed by atoms with E-state index in [1.54, 1.807) is 12.1 Å². The van der Waals surface area contributed by atoms with Crippen LogP contribution < -0.4 is 10.5 Å². The quantitative estimate of drug-likeness (QED) is 0.659. The number of rotatable bonds is 3. The van der Waals surface area contributed by atoms with E-state index in [9.17, 15) is 4.79 Å². The molecule has 0 aliphatic heterocycles. The van der Waals surface area contributed by atoms with Gasteiger partial charge in [0.05, 0.1) is 12.1 Å². The number of nitrogen functional groups attached to an aromatic ring is 1. The van der Waals surface area contributed by atoms with Crippen molar-refractivity contribution in [1.82, 2.24) is 0 Å². The summed E-state index contributed by atoms with van der Waals surface area (Å²) < 4.78 is 11.2. The number of carbonyl (C=O) groups excluding carboxylic acids is 1. The summed E-state index contributed by atoms with van der Waals surface area (Å²) in [6, 6.07) is 10.2. The molecule has 0 aliphatic rings. The molecule has 0 aliphatic carbocycles. The Bertz CT molecular complexity index is 661. The molecule has 0 unspecified atom stereocenters. The Hall–Kier alpha value is -1.72. The fourth-order valence-corrected chi connectivity index (χ4v) is 2.27. The van der Waals surface area contributed by atoms with Gasteiger partial charge in [0.1, 0.15) is 11.3 Å². The van der Waals surface area contributed by atoms with Crippen LogP contribution in [0, 0.1) is 0 Å². The first kappa shape index (κ1) is 14.7. The Morgan fingerprint density at radius 3 is 2.70 bits per heavy atom. The molecule has 2 aromatic carbocycles. The molecule has 2 rings (SSSR count). The zero-order valence-corrected chi connectivity index (χ0v) is 12.9. The first-order chi connectivity index (χ1) is 9.51. The largest absolute Gasteiger partial charge is 0.465 e. The molecule has 0 heterocycles. The average Bonchev–Trinajstić information content (AvgIpc) is 2.40. The first-order valence-electron chi connectivity index (χ1n) is 5.62. The van der Waals surface area contributed by atoms with Gasteiger partial charge in [-0.1, -0.05) is 33.6 Å². The van der Waals surface area contributed by atoms with E-state index < -0.39 is 5.97 Å². The minimum atomic E-state index is -0.566. The molecule has 0 spiro atoms. The van der Waals surface area contributed by atoms with Crippen LogP contribution in [0.3, 0.4) is 0 Å². The molecule has 0 amide bonds. The third kappa shape index (κ3) is 3.23. The summed E-state index contributed by atoms with van der Waals surface area (Å²) in [4.78, 5) is 11.8. The molecule has 6 heteroatoms. The van der Waals surface area contributed by atoms with E-state index in [-0.39, 0.29) is 16.3 Å². The smallest absolute Gasteiger partial charge is 0.341 e. The molecule has 4 nitrogen and oxygen atoms in total. The zero-order chi connectivity index (χ0) is 14.7. The van der Waals surface area contributed by atoms with Crippen molar-refractivity contribution in [2.45, 2.75) is 0 Å². The van der Waals surface area contributed by atoms with Gasteiger partial charge in [-0.05, 0) is 30.3 Å². The van der Waals surface area contributed by atoms with Gasteiger partial charge in [-0.3, -0.25) is 0 Å². The van der Waals surface area contributed by atoms with Crippen molar-refractivity contribution in [3.8, 4) is 11.5 Å². The molecule has 0 aromatic heterocycles. The zero-order valence-electron chi connectivity index (χ0n) is 10.5. The van der Waals surface area contributed by atoms with Gasteiger partial charge in [-0.25, -0.2) is 4.79 Å². The van der Waals surface area contributed by atoms with Crippen molar-refractivity contribution in [3.63, 3.8) is 0 Å². The van der Waals surface area contributed by atoms with Crippen molar-refractivity contribution in [3.05, 3.63) is 51.5 Å². The fraction of sp³-hybridized carbons (Fsp3) is 0.0714. The van der Waals surface area contributed by atoms with Crippen molar-refractivity contribution >= 4 is 39.2 Å². The molecule has 2 aromatic rings. The molecule has 0 radical (unpaired) electrons. The number of nitrogens with two attached hydrogens (primary N) is 1. The van der Waals surface area contributed by atoms with Crippen molar-refractivity contribution < 1.29 is 14.3 Å². The molecule has 20 heavy (non-hydrogen) atoms. The summed E-state index contributed by atoms with van der Waals surface area (Å²) in [5.74, 6) is 0.186. The minimum absolute atomic E-state index is 0.178. The van der Waals surface area contributed by atoms with Crippen LogP contribution in [0.2, 0.25) is 5.02 Å².